The van der Waals surface area contributed by atoms with Crippen molar-refractivity contribution < 1.29 is 9.59 Å². The SMILES string of the molecule is CC1=NNC(=O)[C@H](CC(=O)Nc2ccc(Cl)cc2)C1. The molecular formula is C13H14ClN3O2. The molecule has 2 rings (SSSR count). The average Bonchev–Trinajstić information content (AvgIpc) is 2.37. The lowest BCUT2D eigenvalue weighted by Gasteiger charge is -2.19. The van der Waals surface area contributed by atoms with Crippen LogP contribution in [-0.4, -0.2) is 17.5 Å². The number of halogens is 1. The number of hydrogen-bond donors (Lipinski definition) is 2. The van der Waals surface area contributed by atoms with E-state index in [0.717, 1.165) is 5.71 Å². The zero-order valence-corrected chi connectivity index (χ0v) is 11.2. The summed E-state index contributed by atoms with van der Waals surface area (Å²) in [5.41, 5.74) is 3.90. The topological polar surface area (TPSA) is 70.6 Å². The van der Waals surface area contributed by atoms with Gasteiger partial charge in [-0.15, -0.1) is 0 Å². The van der Waals surface area contributed by atoms with Crippen LogP contribution in [0.3, 0.4) is 0 Å². The summed E-state index contributed by atoms with van der Waals surface area (Å²) < 4.78 is 0. The first kappa shape index (κ1) is 13.5. The maximum Gasteiger partial charge on any atom is 0.244 e. The van der Waals surface area contributed by atoms with Gasteiger partial charge in [0.15, 0.2) is 0 Å². The molecule has 6 heteroatoms. The summed E-state index contributed by atoms with van der Waals surface area (Å²) in [7, 11) is 0. The zero-order valence-electron chi connectivity index (χ0n) is 10.4. The van der Waals surface area contributed by atoms with Crippen molar-refractivity contribution in [2.24, 2.45) is 11.0 Å². The van der Waals surface area contributed by atoms with Gasteiger partial charge in [0.2, 0.25) is 11.8 Å². The van der Waals surface area contributed by atoms with Gasteiger partial charge in [-0.25, -0.2) is 5.43 Å². The average molecular weight is 280 g/mol. The smallest absolute Gasteiger partial charge is 0.244 e. The van der Waals surface area contributed by atoms with E-state index in [1.165, 1.54) is 0 Å². The van der Waals surface area contributed by atoms with Crippen LogP contribution in [0.5, 0.6) is 0 Å². The molecule has 2 amide bonds. The summed E-state index contributed by atoms with van der Waals surface area (Å²) in [6.07, 6.45) is 0.654. The highest BCUT2D eigenvalue weighted by Crippen LogP contribution is 2.17. The molecule has 5 nitrogen and oxygen atoms in total. The normalized spacial score (nSPS) is 18.5. The predicted molar refractivity (Wildman–Crippen MR) is 74.1 cm³/mol. The third-order valence-corrected chi connectivity index (χ3v) is 3.08. The Labute approximate surface area is 116 Å². The quantitative estimate of drug-likeness (QED) is 0.890. The molecule has 0 bridgehead atoms. The van der Waals surface area contributed by atoms with E-state index in [9.17, 15) is 9.59 Å². The van der Waals surface area contributed by atoms with Crippen molar-refractivity contribution in [2.45, 2.75) is 19.8 Å². The van der Waals surface area contributed by atoms with Gasteiger partial charge in [0.1, 0.15) is 0 Å². The van der Waals surface area contributed by atoms with Crippen molar-refractivity contribution in [1.29, 1.82) is 0 Å². The largest absolute Gasteiger partial charge is 0.326 e. The number of hydrazone groups is 1. The first-order valence-corrected chi connectivity index (χ1v) is 6.31. The van der Waals surface area contributed by atoms with E-state index >= 15 is 0 Å². The molecule has 0 radical (unpaired) electrons. The van der Waals surface area contributed by atoms with Crippen LogP contribution in [-0.2, 0) is 9.59 Å². The van der Waals surface area contributed by atoms with Crippen molar-refractivity contribution in [1.82, 2.24) is 5.43 Å². The number of rotatable bonds is 3. The van der Waals surface area contributed by atoms with Gasteiger partial charge in [-0.05, 0) is 37.6 Å². The van der Waals surface area contributed by atoms with Gasteiger partial charge < -0.3 is 5.32 Å². The van der Waals surface area contributed by atoms with Crippen molar-refractivity contribution in [3.05, 3.63) is 29.3 Å². The summed E-state index contributed by atoms with van der Waals surface area (Å²) in [5.74, 6) is -0.765. The van der Waals surface area contributed by atoms with Crippen molar-refractivity contribution in [2.75, 3.05) is 5.32 Å². The Hall–Kier alpha value is -1.88. The Bertz CT molecular complexity index is 525. The fourth-order valence-electron chi connectivity index (χ4n) is 1.87. The second-order valence-corrected chi connectivity index (χ2v) is 4.92. The lowest BCUT2D eigenvalue weighted by Crippen LogP contribution is -2.35. The van der Waals surface area contributed by atoms with Gasteiger partial charge in [0, 0.05) is 22.8 Å². The van der Waals surface area contributed by atoms with Crippen molar-refractivity contribution >= 4 is 34.8 Å². The van der Waals surface area contributed by atoms with Crippen LogP contribution in [0.1, 0.15) is 19.8 Å². The molecule has 0 saturated heterocycles. The number of amides is 2. The Morgan fingerprint density at radius 2 is 2.16 bits per heavy atom. The summed E-state index contributed by atoms with van der Waals surface area (Å²) in [5, 5.41) is 7.18. The highest BCUT2D eigenvalue weighted by Gasteiger charge is 2.25. The number of carbonyl (C=O) groups excluding carboxylic acids is 2. The number of nitrogens with one attached hydrogen (secondary N) is 2. The third-order valence-electron chi connectivity index (χ3n) is 2.83. The van der Waals surface area contributed by atoms with Gasteiger partial charge in [0.25, 0.3) is 0 Å². The van der Waals surface area contributed by atoms with Crippen LogP contribution in [0.25, 0.3) is 0 Å². The van der Waals surface area contributed by atoms with E-state index in [1.807, 2.05) is 6.92 Å². The van der Waals surface area contributed by atoms with Crippen LogP contribution in [0.2, 0.25) is 5.02 Å². The number of nitrogens with zero attached hydrogens (tertiary/aromatic N) is 1. The first-order valence-electron chi connectivity index (χ1n) is 5.93. The maximum absolute atomic E-state index is 11.9. The van der Waals surface area contributed by atoms with E-state index in [-0.39, 0.29) is 24.2 Å². The first-order chi connectivity index (χ1) is 9.04. The van der Waals surface area contributed by atoms with Gasteiger partial charge in [0.05, 0.1) is 5.92 Å². The Morgan fingerprint density at radius 1 is 1.47 bits per heavy atom. The minimum Gasteiger partial charge on any atom is -0.326 e. The Balaban J connectivity index is 1.92. The lowest BCUT2D eigenvalue weighted by molar-refractivity contribution is -0.128. The van der Waals surface area contributed by atoms with Crippen molar-refractivity contribution in [3.63, 3.8) is 0 Å². The maximum atomic E-state index is 11.9. The molecule has 1 atom stereocenters. The third kappa shape index (κ3) is 3.79. The molecule has 0 unspecified atom stereocenters. The molecule has 0 aliphatic carbocycles. The van der Waals surface area contributed by atoms with Gasteiger partial charge in [-0.3, -0.25) is 9.59 Å². The fourth-order valence-corrected chi connectivity index (χ4v) is 2.00. The van der Waals surface area contributed by atoms with Gasteiger partial charge >= 0.3 is 0 Å². The van der Waals surface area contributed by atoms with Crippen LogP contribution >= 0.6 is 11.6 Å². The molecule has 1 aromatic rings. The molecule has 2 N–H and O–H groups in total. The van der Waals surface area contributed by atoms with Crippen LogP contribution in [0.15, 0.2) is 29.4 Å². The minimum absolute atomic E-state index is 0.140. The van der Waals surface area contributed by atoms with Crippen LogP contribution in [0, 0.1) is 5.92 Å². The molecule has 0 aromatic heterocycles. The molecule has 0 saturated carbocycles. The van der Waals surface area contributed by atoms with Gasteiger partial charge in [-0.2, -0.15) is 5.10 Å². The molecular weight excluding hydrogens is 266 g/mol. The molecule has 1 aliphatic heterocycles. The number of hydrogen-bond acceptors (Lipinski definition) is 3. The predicted octanol–water partition coefficient (Wildman–Crippen LogP) is 2.18. The highest BCUT2D eigenvalue weighted by molar-refractivity contribution is 6.30. The van der Waals surface area contributed by atoms with Crippen molar-refractivity contribution in [3.8, 4) is 0 Å². The second-order valence-electron chi connectivity index (χ2n) is 4.48. The number of benzene rings is 1. The zero-order chi connectivity index (χ0) is 13.8. The van der Waals surface area contributed by atoms with E-state index in [2.05, 4.69) is 15.8 Å². The summed E-state index contributed by atoms with van der Waals surface area (Å²) in [6.45, 7) is 1.82. The molecule has 1 heterocycles. The summed E-state index contributed by atoms with van der Waals surface area (Å²) in [4.78, 5) is 23.4. The standard InChI is InChI=1S/C13H14ClN3O2/c1-8-6-9(13(19)17-16-8)7-12(18)15-11-4-2-10(14)3-5-11/h2-5,9H,6-7H2,1H3,(H,15,18)(H,17,19)/t9-/m0/s1. The van der Waals surface area contributed by atoms with E-state index in [0.29, 0.717) is 17.1 Å². The fraction of sp³-hybridized carbons (Fsp3) is 0.308. The summed E-state index contributed by atoms with van der Waals surface area (Å²) in [6, 6.07) is 6.82. The number of anilines is 1. The lowest BCUT2D eigenvalue weighted by atomic mass is 9.96. The van der Waals surface area contributed by atoms with E-state index < -0.39 is 0 Å². The molecule has 0 spiro atoms. The monoisotopic (exact) mass is 279 g/mol. The Morgan fingerprint density at radius 3 is 2.84 bits per heavy atom. The Kier molecular flexibility index (Phi) is 4.16. The molecule has 1 aliphatic rings. The van der Waals surface area contributed by atoms with E-state index in [4.69, 9.17) is 11.6 Å². The van der Waals surface area contributed by atoms with Crippen LogP contribution < -0.4 is 10.7 Å². The second kappa shape index (κ2) is 5.84. The molecule has 19 heavy (non-hydrogen) atoms. The minimum atomic E-state index is -0.357. The number of carbonyl (C=O) groups is 2. The van der Waals surface area contributed by atoms with E-state index in [1.54, 1.807) is 24.3 Å². The molecule has 1 aromatic carbocycles. The molecule has 0 fully saturated rings. The van der Waals surface area contributed by atoms with Gasteiger partial charge in [-0.1, -0.05) is 11.6 Å². The summed E-state index contributed by atoms with van der Waals surface area (Å²) >= 11 is 5.76. The van der Waals surface area contributed by atoms with Crippen LogP contribution in [0.4, 0.5) is 5.69 Å². The molecule has 100 valence electrons. The highest BCUT2D eigenvalue weighted by atomic mass is 35.5.